The third kappa shape index (κ3) is 4.63. The van der Waals surface area contributed by atoms with Gasteiger partial charge in [-0.15, -0.1) is 0 Å². The third-order valence-corrected chi connectivity index (χ3v) is 12.0. The number of benzene rings is 10. The van der Waals surface area contributed by atoms with Crippen molar-refractivity contribution in [2.45, 2.75) is 25.7 Å². The molecular weight excluding hydrogens is 649 g/mol. The molecule has 10 aromatic rings. The first-order chi connectivity index (χ1) is 26.9. The molecule has 0 aromatic heterocycles. The van der Waals surface area contributed by atoms with Crippen LogP contribution in [0.3, 0.4) is 0 Å². The molecule has 11 rings (SSSR count). The highest BCUT2D eigenvalue weighted by Gasteiger charge is 2.28. The topological polar surface area (TPSA) is 0 Å². The fourth-order valence-corrected chi connectivity index (χ4v) is 9.90. The summed E-state index contributed by atoms with van der Waals surface area (Å²) < 4.78 is 0. The van der Waals surface area contributed by atoms with E-state index < -0.39 is 0 Å². The molecule has 0 heterocycles. The van der Waals surface area contributed by atoms with Crippen LogP contribution in [-0.4, -0.2) is 0 Å². The third-order valence-electron chi connectivity index (χ3n) is 12.0. The van der Waals surface area contributed by atoms with E-state index in [9.17, 15) is 0 Å². The maximum Gasteiger partial charge on any atom is -0.00173 e. The normalized spacial score (nSPS) is 12.9. The van der Waals surface area contributed by atoms with Crippen molar-refractivity contribution in [1.82, 2.24) is 0 Å². The summed E-state index contributed by atoms with van der Waals surface area (Å²) in [6, 6.07) is 67.8. The highest BCUT2D eigenvalue weighted by atomic mass is 14.3. The van der Waals surface area contributed by atoms with Crippen LogP contribution in [0, 0.1) is 0 Å². The minimum absolute atomic E-state index is 1.07. The van der Waals surface area contributed by atoms with E-state index in [1.807, 2.05) is 0 Å². The lowest BCUT2D eigenvalue weighted by Crippen LogP contribution is -2.09. The Balaban J connectivity index is 1.31. The summed E-state index contributed by atoms with van der Waals surface area (Å²) in [6.07, 6.45) is 4.54. The molecular formula is C54H38. The van der Waals surface area contributed by atoms with Crippen molar-refractivity contribution < 1.29 is 0 Å². The van der Waals surface area contributed by atoms with Gasteiger partial charge < -0.3 is 0 Å². The molecule has 1 aliphatic rings. The van der Waals surface area contributed by atoms with Crippen LogP contribution in [0.1, 0.15) is 24.0 Å². The lowest BCUT2D eigenvalue weighted by atomic mass is 9.74. The smallest absolute Gasteiger partial charge is 0.00173 e. The summed E-state index contributed by atoms with van der Waals surface area (Å²) in [5.74, 6) is 0. The van der Waals surface area contributed by atoms with E-state index in [1.54, 1.807) is 0 Å². The zero-order valence-corrected chi connectivity index (χ0v) is 30.1. The molecule has 0 saturated carbocycles. The van der Waals surface area contributed by atoms with Crippen LogP contribution in [0.4, 0.5) is 0 Å². The molecule has 0 nitrogen and oxygen atoms in total. The molecule has 54 heavy (non-hydrogen) atoms. The lowest BCUT2D eigenvalue weighted by Gasteiger charge is -2.29. The molecule has 0 heteroatoms. The predicted molar refractivity (Wildman–Crippen MR) is 232 cm³/mol. The second-order valence-corrected chi connectivity index (χ2v) is 14.9. The Hall–Kier alpha value is -6.50. The van der Waals surface area contributed by atoms with Gasteiger partial charge in [0.15, 0.2) is 0 Å². The van der Waals surface area contributed by atoms with Crippen LogP contribution in [-0.2, 0) is 12.8 Å². The summed E-state index contributed by atoms with van der Waals surface area (Å²) in [6.45, 7) is 0. The van der Waals surface area contributed by atoms with Gasteiger partial charge >= 0.3 is 0 Å². The Bertz CT molecular complexity index is 2750. The van der Waals surface area contributed by atoms with Gasteiger partial charge in [0.2, 0.25) is 0 Å². The average molecular weight is 687 g/mol. The fourth-order valence-electron chi connectivity index (χ4n) is 9.90. The van der Waals surface area contributed by atoms with Gasteiger partial charge in [-0.05, 0) is 135 Å². The summed E-state index contributed by atoms with van der Waals surface area (Å²) in [4.78, 5) is 0. The van der Waals surface area contributed by atoms with Crippen molar-refractivity contribution in [3.8, 4) is 44.5 Å². The predicted octanol–water partition coefficient (Wildman–Crippen LogP) is 15.0. The van der Waals surface area contributed by atoms with Crippen molar-refractivity contribution in [2.24, 2.45) is 0 Å². The van der Waals surface area contributed by atoms with Crippen molar-refractivity contribution in [1.29, 1.82) is 0 Å². The molecule has 0 bridgehead atoms. The van der Waals surface area contributed by atoms with Gasteiger partial charge in [-0.25, -0.2) is 0 Å². The molecule has 0 radical (unpaired) electrons. The summed E-state index contributed by atoms with van der Waals surface area (Å²) in [5, 5.41) is 13.2. The second kappa shape index (κ2) is 12.6. The SMILES string of the molecule is c1ccc(-c2c3ccccc3c(-c3c4c(c(-c5c6ccccc6c(-c6ccccc6)c6ccccc56)c5ccccc35)CCCC4)c3ccccc23)cc1. The monoisotopic (exact) mass is 686 g/mol. The average Bonchev–Trinajstić information content (AvgIpc) is 3.25. The fraction of sp³-hybridized carbons (Fsp3) is 0.0741. The van der Waals surface area contributed by atoms with Gasteiger partial charge in [-0.1, -0.05) is 182 Å². The Kier molecular flexibility index (Phi) is 7.23. The van der Waals surface area contributed by atoms with Crippen LogP contribution < -0.4 is 0 Å². The first-order valence-electron chi connectivity index (χ1n) is 19.4. The second-order valence-electron chi connectivity index (χ2n) is 14.9. The van der Waals surface area contributed by atoms with Gasteiger partial charge in [0.05, 0.1) is 0 Å². The van der Waals surface area contributed by atoms with Crippen molar-refractivity contribution in [2.75, 3.05) is 0 Å². The van der Waals surface area contributed by atoms with Crippen LogP contribution in [0.2, 0.25) is 0 Å². The molecule has 0 saturated heterocycles. The lowest BCUT2D eigenvalue weighted by molar-refractivity contribution is 0.689. The molecule has 0 spiro atoms. The van der Waals surface area contributed by atoms with Gasteiger partial charge in [-0.2, -0.15) is 0 Å². The molecule has 0 fully saturated rings. The van der Waals surface area contributed by atoms with E-state index in [4.69, 9.17) is 0 Å². The zero-order chi connectivity index (χ0) is 35.6. The van der Waals surface area contributed by atoms with E-state index in [0.717, 1.165) is 12.8 Å². The van der Waals surface area contributed by atoms with Crippen LogP contribution in [0.15, 0.2) is 182 Å². The van der Waals surface area contributed by atoms with Crippen LogP contribution in [0.5, 0.6) is 0 Å². The van der Waals surface area contributed by atoms with E-state index >= 15 is 0 Å². The quantitative estimate of drug-likeness (QED) is 0.162. The molecule has 1 aliphatic carbocycles. The maximum atomic E-state index is 2.40. The van der Waals surface area contributed by atoms with E-state index in [1.165, 1.54) is 122 Å². The highest BCUT2D eigenvalue weighted by Crippen LogP contribution is 2.53. The maximum absolute atomic E-state index is 2.40. The Morgan fingerprint density at radius 1 is 0.204 bits per heavy atom. The van der Waals surface area contributed by atoms with Gasteiger partial charge in [0.1, 0.15) is 0 Å². The molecule has 254 valence electrons. The van der Waals surface area contributed by atoms with Gasteiger partial charge in [0, 0.05) is 0 Å². The molecule has 0 amide bonds. The van der Waals surface area contributed by atoms with E-state index in [0.29, 0.717) is 0 Å². The van der Waals surface area contributed by atoms with Crippen molar-refractivity contribution >= 4 is 53.9 Å². The summed E-state index contributed by atoms with van der Waals surface area (Å²) in [5.41, 5.74) is 13.8. The number of fused-ring (bicyclic) bond motifs is 6. The zero-order valence-electron chi connectivity index (χ0n) is 30.1. The molecule has 10 aromatic carbocycles. The first kappa shape index (κ1) is 31.1. The number of hydrogen-bond acceptors (Lipinski definition) is 0. The Morgan fingerprint density at radius 2 is 0.426 bits per heavy atom. The minimum Gasteiger partial charge on any atom is -0.0622 e. The Morgan fingerprint density at radius 3 is 0.704 bits per heavy atom. The van der Waals surface area contributed by atoms with E-state index in [-0.39, 0.29) is 0 Å². The Labute approximate surface area is 316 Å². The van der Waals surface area contributed by atoms with E-state index in [2.05, 4.69) is 182 Å². The molecule has 0 unspecified atom stereocenters. The molecule has 0 atom stereocenters. The first-order valence-corrected chi connectivity index (χ1v) is 19.4. The van der Waals surface area contributed by atoms with Crippen LogP contribution in [0.25, 0.3) is 98.4 Å². The number of hydrogen-bond donors (Lipinski definition) is 0. The molecule has 0 N–H and O–H groups in total. The highest BCUT2D eigenvalue weighted by molar-refractivity contribution is 6.28. The van der Waals surface area contributed by atoms with Gasteiger partial charge in [0.25, 0.3) is 0 Å². The number of rotatable bonds is 4. The van der Waals surface area contributed by atoms with Crippen molar-refractivity contribution in [3.05, 3.63) is 193 Å². The molecule has 0 aliphatic heterocycles. The summed E-state index contributed by atoms with van der Waals surface area (Å²) in [7, 11) is 0. The van der Waals surface area contributed by atoms with Gasteiger partial charge in [-0.3, -0.25) is 0 Å². The standard InChI is InChI=1S/C54H38/c1-3-19-35(20-4-1)49-37-23-7-11-27-41(37)51(42-28-12-8-24-38(42)49)53-45-31-15-17-33-47(45)54(48-34-18-16-32-46(48)53)52-43-29-13-9-25-39(43)50(36-21-5-2-6-22-36)40-26-10-14-30-44(40)52/h1-15,17,19-31,33H,16,18,32,34H2. The minimum atomic E-state index is 1.07. The summed E-state index contributed by atoms with van der Waals surface area (Å²) >= 11 is 0. The van der Waals surface area contributed by atoms with Crippen LogP contribution >= 0.6 is 0 Å². The van der Waals surface area contributed by atoms with Crippen molar-refractivity contribution in [3.63, 3.8) is 0 Å². The largest absolute Gasteiger partial charge is 0.0622 e.